The van der Waals surface area contributed by atoms with E-state index in [4.69, 9.17) is 10.2 Å². The van der Waals surface area contributed by atoms with Crippen molar-refractivity contribution >= 4 is 22.7 Å². The van der Waals surface area contributed by atoms with Crippen molar-refractivity contribution in [1.29, 1.82) is 0 Å². The van der Waals surface area contributed by atoms with Gasteiger partial charge in [0.25, 0.3) is 0 Å². The maximum absolute atomic E-state index is 6.07. The molecule has 0 spiro atoms. The number of benzene rings is 1. The van der Waals surface area contributed by atoms with Crippen LogP contribution in [-0.4, -0.2) is 8.75 Å². The molecule has 1 aromatic carbocycles. The van der Waals surface area contributed by atoms with Crippen LogP contribution in [0.15, 0.2) is 34.9 Å². The van der Waals surface area contributed by atoms with Gasteiger partial charge in [-0.05, 0) is 25.1 Å². The molecule has 17 heavy (non-hydrogen) atoms. The van der Waals surface area contributed by atoms with Gasteiger partial charge in [0.05, 0.1) is 23.6 Å². The van der Waals surface area contributed by atoms with Gasteiger partial charge in [-0.15, -0.1) is 0 Å². The van der Waals surface area contributed by atoms with E-state index >= 15 is 0 Å². The smallest absolute Gasteiger partial charge is 0.134 e. The lowest BCUT2D eigenvalue weighted by molar-refractivity contribution is 0.522. The van der Waals surface area contributed by atoms with Crippen molar-refractivity contribution in [2.45, 2.75) is 13.0 Å². The summed E-state index contributed by atoms with van der Waals surface area (Å²) in [5, 5.41) is 1.07. The summed E-state index contributed by atoms with van der Waals surface area (Å²) in [4.78, 5) is 0. The molecular weight excluding hydrogens is 234 g/mol. The average molecular weight is 245 g/mol. The van der Waals surface area contributed by atoms with Crippen molar-refractivity contribution in [3.05, 3.63) is 47.5 Å². The van der Waals surface area contributed by atoms with Crippen molar-refractivity contribution in [2.75, 3.05) is 0 Å². The molecule has 2 aromatic heterocycles. The Hall–Kier alpha value is -1.72. The molecule has 1 atom stereocenters. The SMILES string of the molecule is Cc1ccc2oc(C(N)c3cnsn3)cc2c1. The molecule has 5 heteroatoms. The van der Waals surface area contributed by atoms with E-state index in [1.165, 1.54) is 5.56 Å². The van der Waals surface area contributed by atoms with Crippen LogP contribution >= 0.6 is 11.7 Å². The Morgan fingerprint density at radius 3 is 3.00 bits per heavy atom. The zero-order valence-corrected chi connectivity index (χ0v) is 10.1. The number of furan rings is 1. The molecule has 0 aliphatic rings. The second-order valence-electron chi connectivity index (χ2n) is 4.00. The first-order chi connectivity index (χ1) is 8.24. The minimum Gasteiger partial charge on any atom is -0.459 e. The van der Waals surface area contributed by atoms with Gasteiger partial charge < -0.3 is 10.2 Å². The lowest BCUT2D eigenvalue weighted by Crippen LogP contribution is -2.10. The fourth-order valence-corrected chi connectivity index (χ4v) is 2.25. The van der Waals surface area contributed by atoms with Crippen LogP contribution in [0.2, 0.25) is 0 Å². The number of hydrogen-bond donors (Lipinski definition) is 1. The van der Waals surface area contributed by atoms with Crippen molar-refractivity contribution < 1.29 is 4.42 Å². The summed E-state index contributed by atoms with van der Waals surface area (Å²) in [7, 11) is 0. The van der Waals surface area contributed by atoms with Crippen LogP contribution in [0.4, 0.5) is 0 Å². The van der Waals surface area contributed by atoms with Crippen molar-refractivity contribution in [3.8, 4) is 0 Å². The highest BCUT2D eigenvalue weighted by Gasteiger charge is 2.16. The van der Waals surface area contributed by atoms with Gasteiger partial charge in [0.2, 0.25) is 0 Å². The highest BCUT2D eigenvalue weighted by molar-refractivity contribution is 6.99. The molecule has 3 aromatic rings. The molecule has 0 aliphatic carbocycles. The van der Waals surface area contributed by atoms with Crippen molar-refractivity contribution in [2.24, 2.45) is 5.73 Å². The highest BCUT2D eigenvalue weighted by atomic mass is 32.1. The highest BCUT2D eigenvalue weighted by Crippen LogP contribution is 2.26. The molecule has 0 amide bonds. The van der Waals surface area contributed by atoms with E-state index in [0.717, 1.165) is 34.2 Å². The van der Waals surface area contributed by atoms with Crippen LogP contribution < -0.4 is 5.73 Å². The zero-order valence-electron chi connectivity index (χ0n) is 9.25. The molecule has 0 saturated heterocycles. The van der Waals surface area contributed by atoms with Gasteiger partial charge in [-0.1, -0.05) is 11.6 Å². The quantitative estimate of drug-likeness (QED) is 0.753. The Kier molecular flexibility index (Phi) is 2.42. The number of nitrogens with zero attached hydrogens (tertiary/aromatic N) is 2. The van der Waals surface area contributed by atoms with E-state index < -0.39 is 0 Å². The number of hydrogen-bond acceptors (Lipinski definition) is 5. The molecule has 86 valence electrons. The van der Waals surface area contributed by atoms with Gasteiger partial charge in [-0.25, -0.2) is 0 Å². The van der Waals surface area contributed by atoms with E-state index in [-0.39, 0.29) is 6.04 Å². The first-order valence-electron chi connectivity index (χ1n) is 5.27. The predicted octanol–water partition coefficient (Wildman–Crippen LogP) is 2.64. The number of aryl methyl sites for hydroxylation is 1. The standard InChI is InChI=1S/C12H11N3OS/c1-7-2-3-10-8(4-7)5-11(16-10)12(13)9-6-14-17-15-9/h2-6,12H,13H2,1H3. The Bertz CT molecular complexity index is 645. The summed E-state index contributed by atoms with van der Waals surface area (Å²) in [6.45, 7) is 2.05. The van der Waals surface area contributed by atoms with Crippen molar-refractivity contribution in [1.82, 2.24) is 8.75 Å². The summed E-state index contributed by atoms with van der Waals surface area (Å²) in [6, 6.07) is 7.67. The normalized spacial score (nSPS) is 13.1. The molecule has 4 nitrogen and oxygen atoms in total. The van der Waals surface area contributed by atoms with Crippen LogP contribution in [0.25, 0.3) is 11.0 Å². The molecule has 0 aliphatic heterocycles. The molecular formula is C12H11N3OS. The van der Waals surface area contributed by atoms with E-state index in [1.807, 2.05) is 18.2 Å². The molecule has 0 bridgehead atoms. The first-order valence-corrected chi connectivity index (χ1v) is 6.00. The second kappa shape index (κ2) is 3.94. The maximum Gasteiger partial charge on any atom is 0.134 e. The number of rotatable bonds is 2. The average Bonchev–Trinajstić information content (AvgIpc) is 2.96. The Balaban J connectivity index is 2.06. The predicted molar refractivity (Wildman–Crippen MR) is 66.9 cm³/mol. The zero-order chi connectivity index (χ0) is 11.8. The van der Waals surface area contributed by atoms with Gasteiger partial charge in [0.15, 0.2) is 0 Å². The van der Waals surface area contributed by atoms with E-state index in [1.54, 1.807) is 6.20 Å². The van der Waals surface area contributed by atoms with Crippen LogP contribution in [-0.2, 0) is 0 Å². The minimum absolute atomic E-state index is 0.346. The van der Waals surface area contributed by atoms with Gasteiger partial charge in [0.1, 0.15) is 17.4 Å². The number of aromatic nitrogens is 2. The summed E-state index contributed by atoms with van der Waals surface area (Å²) < 4.78 is 13.8. The molecule has 2 heterocycles. The van der Waals surface area contributed by atoms with Gasteiger partial charge in [-0.2, -0.15) is 8.75 Å². The lowest BCUT2D eigenvalue weighted by atomic mass is 10.1. The molecule has 0 saturated carbocycles. The molecule has 0 fully saturated rings. The molecule has 2 N–H and O–H groups in total. The van der Waals surface area contributed by atoms with Crippen LogP contribution in [0.1, 0.15) is 23.1 Å². The largest absolute Gasteiger partial charge is 0.459 e. The Morgan fingerprint density at radius 1 is 1.35 bits per heavy atom. The van der Waals surface area contributed by atoms with E-state index in [9.17, 15) is 0 Å². The Morgan fingerprint density at radius 2 is 2.24 bits per heavy atom. The summed E-state index contributed by atoms with van der Waals surface area (Å²) in [5.74, 6) is 0.721. The van der Waals surface area contributed by atoms with Crippen LogP contribution in [0, 0.1) is 6.92 Å². The summed E-state index contributed by atoms with van der Waals surface area (Å²) in [5.41, 5.74) is 8.87. The number of fused-ring (bicyclic) bond motifs is 1. The maximum atomic E-state index is 6.07. The topological polar surface area (TPSA) is 64.9 Å². The third-order valence-electron chi connectivity index (χ3n) is 2.69. The van der Waals surface area contributed by atoms with Gasteiger partial charge >= 0.3 is 0 Å². The molecule has 1 unspecified atom stereocenters. The Labute approximate surface area is 102 Å². The molecule has 0 radical (unpaired) electrons. The first kappa shape index (κ1) is 10.4. The monoisotopic (exact) mass is 245 g/mol. The van der Waals surface area contributed by atoms with Crippen LogP contribution in [0.5, 0.6) is 0 Å². The second-order valence-corrected chi connectivity index (χ2v) is 4.56. The fraction of sp³-hybridized carbons (Fsp3) is 0.167. The number of nitrogens with two attached hydrogens (primary N) is 1. The fourth-order valence-electron chi connectivity index (χ4n) is 1.79. The minimum atomic E-state index is -0.346. The van der Waals surface area contributed by atoms with E-state index in [0.29, 0.717) is 0 Å². The van der Waals surface area contributed by atoms with Crippen LogP contribution in [0.3, 0.4) is 0 Å². The third-order valence-corrected chi connectivity index (χ3v) is 3.19. The van der Waals surface area contributed by atoms with Crippen molar-refractivity contribution in [3.63, 3.8) is 0 Å². The van der Waals surface area contributed by atoms with E-state index in [2.05, 4.69) is 21.7 Å². The lowest BCUT2D eigenvalue weighted by Gasteiger charge is -2.02. The van der Waals surface area contributed by atoms with Gasteiger partial charge in [-0.3, -0.25) is 0 Å². The molecule has 3 rings (SSSR count). The van der Waals surface area contributed by atoms with Gasteiger partial charge in [0, 0.05) is 5.39 Å². The third kappa shape index (κ3) is 1.83. The summed E-state index contributed by atoms with van der Waals surface area (Å²) in [6.07, 6.45) is 1.67. The summed E-state index contributed by atoms with van der Waals surface area (Å²) >= 11 is 1.15.